The Morgan fingerprint density at radius 2 is 0.778 bits per heavy atom. The fraction of sp³-hybridized carbons (Fsp3) is 0.625. The Hall–Kier alpha value is -4.19. The summed E-state index contributed by atoms with van der Waals surface area (Å²) in [5.41, 5.74) is 0. The lowest BCUT2D eigenvalue weighted by molar-refractivity contribution is -0.302. The van der Waals surface area contributed by atoms with Crippen molar-refractivity contribution < 1.29 is 39.8 Å². The molecule has 1 rings (SSSR count). The van der Waals surface area contributed by atoms with E-state index in [9.17, 15) is 30.3 Å². The minimum atomic E-state index is -1.58. The first-order chi connectivity index (χ1) is 39.8. The van der Waals surface area contributed by atoms with Gasteiger partial charge in [0.1, 0.15) is 24.4 Å². The third-order valence-corrected chi connectivity index (χ3v) is 14.1. The van der Waals surface area contributed by atoms with E-state index in [0.29, 0.717) is 6.42 Å². The number of carbonyl (C=O) groups excluding carboxylic acids is 1. The Kier molecular flexibility index (Phi) is 54.5. The van der Waals surface area contributed by atoms with Gasteiger partial charge in [-0.1, -0.05) is 262 Å². The summed E-state index contributed by atoms with van der Waals surface area (Å²) in [5.74, 6) is -0.202. The average Bonchev–Trinajstić information content (AvgIpc) is 3.49. The van der Waals surface area contributed by atoms with Crippen LogP contribution < -0.4 is 5.32 Å². The van der Waals surface area contributed by atoms with Gasteiger partial charge in [-0.2, -0.15) is 0 Å². The number of hydrogen-bond acceptors (Lipinski definition) is 8. The van der Waals surface area contributed by atoms with E-state index in [4.69, 9.17) is 9.47 Å². The summed E-state index contributed by atoms with van der Waals surface area (Å²) in [7, 11) is 0. The second kappa shape index (κ2) is 59.0. The standard InChI is InChI=1S/C72H117NO8/c1-3-5-7-9-11-13-15-17-19-21-22-23-24-25-26-27-28-29-30-31-32-33-34-35-36-37-38-39-40-41-42-43-44-46-48-50-52-54-56-58-60-62-68(76)73-65(64-80-72-71(79)70(78)69(77)67(63-74)81-72)66(75)61-59-57-55-53-51-49-47-45-20-18-16-14-12-10-8-6-4-2/h5,7,11,13,17,19-20,22-23,25-26,28-29,31-32,34-35,37-38,40-41,45,51,53,59,61,65-67,69-72,74-75,77-79H,3-4,6,8-10,12,14-16,18,21,24,27,30,33,36,39,42-44,46-50,52,54-58,60,62-64H2,1-2H3,(H,73,76)/b7-5-,13-11-,19-17-,23-22-,26-25-,29-28-,32-31-,35-34-,38-37-,41-40-,45-20+,53-51+,61-59+. The highest BCUT2D eigenvalue weighted by Crippen LogP contribution is 2.23. The molecule has 0 saturated carbocycles. The maximum atomic E-state index is 13.1. The number of unbranched alkanes of at least 4 members (excludes halogenated alkanes) is 19. The Balaban J connectivity index is 2.17. The molecular weight excluding hydrogens is 1010 g/mol. The van der Waals surface area contributed by atoms with Gasteiger partial charge in [0.05, 0.1) is 25.4 Å². The molecule has 1 amide bonds. The van der Waals surface area contributed by atoms with E-state index >= 15 is 0 Å². The molecule has 458 valence electrons. The zero-order valence-corrected chi connectivity index (χ0v) is 51.0. The number of amides is 1. The van der Waals surface area contributed by atoms with Crippen LogP contribution in [0.25, 0.3) is 0 Å². The highest BCUT2D eigenvalue weighted by Gasteiger charge is 2.44. The molecule has 81 heavy (non-hydrogen) atoms. The predicted octanol–water partition coefficient (Wildman–Crippen LogP) is 17.2. The van der Waals surface area contributed by atoms with Gasteiger partial charge in [-0.05, 0) is 122 Å². The number of nitrogens with one attached hydrogen (secondary N) is 1. The maximum Gasteiger partial charge on any atom is 0.220 e. The smallest absolute Gasteiger partial charge is 0.220 e. The summed E-state index contributed by atoms with van der Waals surface area (Å²) < 4.78 is 11.3. The molecule has 7 unspecified atom stereocenters. The zero-order chi connectivity index (χ0) is 58.6. The van der Waals surface area contributed by atoms with Crippen LogP contribution in [-0.2, 0) is 14.3 Å². The van der Waals surface area contributed by atoms with Crippen LogP contribution >= 0.6 is 0 Å². The third kappa shape index (κ3) is 47.9. The molecule has 6 N–H and O–H groups in total. The molecule has 0 spiro atoms. The topological polar surface area (TPSA) is 149 Å². The fourth-order valence-corrected chi connectivity index (χ4v) is 9.04. The summed E-state index contributed by atoms with van der Waals surface area (Å²) in [6.07, 6.45) is 86.1. The molecule has 7 atom stereocenters. The van der Waals surface area contributed by atoms with Crippen LogP contribution in [-0.4, -0.2) is 87.5 Å². The van der Waals surface area contributed by atoms with Gasteiger partial charge in [-0.3, -0.25) is 4.79 Å². The fourth-order valence-electron chi connectivity index (χ4n) is 9.04. The number of aliphatic hydroxyl groups is 5. The number of allylic oxidation sites excluding steroid dienone is 25. The maximum absolute atomic E-state index is 13.1. The molecule has 0 radical (unpaired) electrons. The van der Waals surface area contributed by atoms with Crippen molar-refractivity contribution in [2.45, 2.75) is 275 Å². The van der Waals surface area contributed by atoms with E-state index in [1.165, 1.54) is 83.5 Å². The first-order valence-corrected chi connectivity index (χ1v) is 32.2. The van der Waals surface area contributed by atoms with Gasteiger partial charge >= 0.3 is 0 Å². The van der Waals surface area contributed by atoms with Crippen molar-refractivity contribution >= 4 is 5.91 Å². The van der Waals surface area contributed by atoms with Gasteiger partial charge in [0, 0.05) is 6.42 Å². The average molecular weight is 1120 g/mol. The molecule has 0 aromatic carbocycles. The van der Waals surface area contributed by atoms with E-state index in [2.05, 4.69) is 165 Å². The normalized spacial score (nSPS) is 19.5. The minimum Gasteiger partial charge on any atom is -0.394 e. The summed E-state index contributed by atoms with van der Waals surface area (Å²) in [4.78, 5) is 13.1. The molecule has 1 aliphatic heterocycles. The molecular formula is C72H117NO8. The van der Waals surface area contributed by atoms with Crippen LogP contribution in [0.3, 0.4) is 0 Å². The van der Waals surface area contributed by atoms with Crippen molar-refractivity contribution in [3.8, 4) is 0 Å². The van der Waals surface area contributed by atoms with Gasteiger partial charge in [0.25, 0.3) is 0 Å². The van der Waals surface area contributed by atoms with Crippen LogP contribution in [0.15, 0.2) is 158 Å². The highest BCUT2D eigenvalue weighted by atomic mass is 16.7. The molecule has 1 fully saturated rings. The van der Waals surface area contributed by atoms with Crippen LogP contribution in [0.2, 0.25) is 0 Å². The van der Waals surface area contributed by atoms with Crippen molar-refractivity contribution in [3.63, 3.8) is 0 Å². The number of hydrogen-bond donors (Lipinski definition) is 6. The number of ether oxygens (including phenoxy) is 2. The number of rotatable bonds is 53. The summed E-state index contributed by atoms with van der Waals surface area (Å²) in [6, 6.07) is -0.842. The molecule has 9 nitrogen and oxygen atoms in total. The van der Waals surface area contributed by atoms with Crippen molar-refractivity contribution in [2.75, 3.05) is 13.2 Å². The molecule has 0 aliphatic carbocycles. The van der Waals surface area contributed by atoms with Crippen LogP contribution in [0.1, 0.15) is 232 Å². The van der Waals surface area contributed by atoms with Crippen molar-refractivity contribution in [3.05, 3.63) is 158 Å². The lowest BCUT2D eigenvalue weighted by Gasteiger charge is -2.40. The first kappa shape index (κ1) is 74.8. The second-order valence-corrected chi connectivity index (χ2v) is 21.4. The summed E-state index contributed by atoms with van der Waals surface area (Å²) in [5, 5.41) is 54.5. The van der Waals surface area contributed by atoms with E-state index in [1.54, 1.807) is 6.08 Å². The lowest BCUT2D eigenvalue weighted by Crippen LogP contribution is -2.60. The summed E-state index contributed by atoms with van der Waals surface area (Å²) >= 11 is 0. The van der Waals surface area contributed by atoms with E-state index in [-0.39, 0.29) is 12.5 Å². The molecule has 9 heteroatoms. The van der Waals surface area contributed by atoms with Crippen LogP contribution in [0.5, 0.6) is 0 Å². The molecule has 1 saturated heterocycles. The van der Waals surface area contributed by atoms with E-state index < -0.39 is 49.5 Å². The van der Waals surface area contributed by atoms with Crippen molar-refractivity contribution in [1.29, 1.82) is 0 Å². The number of carbonyl (C=O) groups is 1. The Morgan fingerprint density at radius 3 is 1.19 bits per heavy atom. The molecule has 0 aromatic rings. The predicted molar refractivity (Wildman–Crippen MR) is 345 cm³/mol. The molecule has 1 aliphatic rings. The second-order valence-electron chi connectivity index (χ2n) is 21.4. The van der Waals surface area contributed by atoms with Crippen LogP contribution in [0, 0.1) is 0 Å². The van der Waals surface area contributed by atoms with Gasteiger partial charge in [-0.25, -0.2) is 0 Å². The molecule has 0 bridgehead atoms. The zero-order valence-electron chi connectivity index (χ0n) is 51.0. The minimum absolute atomic E-state index is 0.202. The van der Waals surface area contributed by atoms with E-state index in [1.807, 2.05) is 6.08 Å². The summed E-state index contributed by atoms with van der Waals surface area (Å²) in [6.45, 7) is 3.62. The Labute approximate surface area is 495 Å². The van der Waals surface area contributed by atoms with E-state index in [0.717, 1.165) is 128 Å². The van der Waals surface area contributed by atoms with Crippen LogP contribution in [0.4, 0.5) is 0 Å². The molecule has 1 heterocycles. The first-order valence-electron chi connectivity index (χ1n) is 32.2. The monoisotopic (exact) mass is 1120 g/mol. The number of aliphatic hydroxyl groups excluding tert-OH is 5. The Morgan fingerprint density at radius 1 is 0.432 bits per heavy atom. The van der Waals surface area contributed by atoms with Gasteiger partial charge < -0.3 is 40.3 Å². The lowest BCUT2D eigenvalue weighted by atomic mass is 9.99. The van der Waals surface area contributed by atoms with Gasteiger partial charge in [0.15, 0.2) is 6.29 Å². The largest absolute Gasteiger partial charge is 0.394 e. The SMILES string of the molecule is CC/C=C\C/C=C\C/C=C\C/C=C\C/C=C\C/C=C\C/C=C\C/C=C\C/C=C\C/C=C\CCCCCCCCCCCCC(=O)NC(COC1OC(CO)C(O)C(O)C1O)C(O)/C=C/CC/C=C/CC/C=C/CCCCCCCCC. The van der Waals surface area contributed by atoms with Gasteiger partial charge in [0.2, 0.25) is 5.91 Å². The molecule has 0 aromatic heterocycles. The quantitative estimate of drug-likeness (QED) is 0.0261. The van der Waals surface area contributed by atoms with Crippen molar-refractivity contribution in [2.24, 2.45) is 0 Å². The van der Waals surface area contributed by atoms with Gasteiger partial charge in [-0.15, -0.1) is 0 Å². The third-order valence-electron chi connectivity index (χ3n) is 14.1. The Bertz CT molecular complexity index is 1830. The highest BCUT2D eigenvalue weighted by molar-refractivity contribution is 5.76. The van der Waals surface area contributed by atoms with Crippen molar-refractivity contribution in [1.82, 2.24) is 5.32 Å².